The highest BCUT2D eigenvalue weighted by molar-refractivity contribution is 6.30. The summed E-state index contributed by atoms with van der Waals surface area (Å²) in [5.41, 5.74) is 3.73. The summed E-state index contributed by atoms with van der Waals surface area (Å²) < 4.78 is 6.00. The second-order valence-electron chi connectivity index (χ2n) is 7.54. The van der Waals surface area contributed by atoms with Crippen molar-refractivity contribution in [3.05, 3.63) is 89.2 Å². The molecule has 6 heteroatoms. The van der Waals surface area contributed by atoms with Crippen molar-refractivity contribution in [3.8, 4) is 11.6 Å². The zero-order valence-corrected chi connectivity index (χ0v) is 18.1. The van der Waals surface area contributed by atoms with Crippen LogP contribution < -0.4 is 9.64 Å². The third-order valence-corrected chi connectivity index (χ3v) is 5.16. The van der Waals surface area contributed by atoms with Gasteiger partial charge in [0.25, 0.3) is 0 Å². The van der Waals surface area contributed by atoms with E-state index in [1.54, 1.807) is 6.07 Å². The number of hydrogen-bond donors (Lipinski definition) is 0. The summed E-state index contributed by atoms with van der Waals surface area (Å²) in [4.78, 5) is 23.1. The second-order valence-corrected chi connectivity index (χ2v) is 7.98. The number of halogens is 1. The number of nitrogens with zero attached hydrogens (tertiary/aromatic N) is 3. The van der Waals surface area contributed by atoms with Crippen LogP contribution in [0.3, 0.4) is 0 Å². The standard InChI is InChI=1S/C25H22ClN3O2/c1-29(2)20-8-11-23-24(15-20)27-16-28-25(23)31-22-9-6-17(7-10-22)13-21(30)14-18-4-3-5-19(26)12-18/h3-12,15-16H,13-14H2,1-2H3. The van der Waals surface area contributed by atoms with Crippen molar-refractivity contribution >= 4 is 34.0 Å². The largest absolute Gasteiger partial charge is 0.438 e. The number of aromatic nitrogens is 2. The Balaban J connectivity index is 1.44. The Morgan fingerprint density at radius 2 is 1.71 bits per heavy atom. The number of ether oxygens (including phenoxy) is 1. The third kappa shape index (κ3) is 5.19. The fourth-order valence-electron chi connectivity index (χ4n) is 3.33. The normalized spacial score (nSPS) is 10.8. The number of anilines is 1. The van der Waals surface area contributed by atoms with Gasteiger partial charge < -0.3 is 9.64 Å². The maximum atomic E-state index is 12.4. The lowest BCUT2D eigenvalue weighted by molar-refractivity contribution is -0.117. The van der Waals surface area contributed by atoms with E-state index in [2.05, 4.69) is 9.97 Å². The summed E-state index contributed by atoms with van der Waals surface area (Å²) >= 11 is 5.99. The minimum atomic E-state index is 0.134. The average Bonchev–Trinajstić information content (AvgIpc) is 2.75. The maximum Gasteiger partial charge on any atom is 0.230 e. The molecule has 0 bridgehead atoms. The fourth-order valence-corrected chi connectivity index (χ4v) is 3.54. The Kier molecular flexibility index (Phi) is 6.14. The van der Waals surface area contributed by atoms with Crippen molar-refractivity contribution in [1.29, 1.82) is 0 Å². The number of carbonyl (C=O) groups is 1. The predicted molar refractivity (Wildman–Crippen MR) is 124 cm³/mol. The van der Waals surface area contributed by atoms with Gasteiger partial charge in [-0.3, -0.25) is 4.79 Å². The van der Waals surface area contributed by atoms with E-state index >= 15 is 0 Å². The van der Waals surface area contributed by atoms with Crippen molar-refractivity contribution < 1.29 is 9.53 Å². The quantitative estimate of drug-likeness (QED) is 0.387. The lowest BCUT2D eigenvalue weighted by atomic mass is 10.0. The average molecular weight is 432 g/mol. The van der Waals surface area contributed by atoms with E-state index in [0.29, 0.717) is 29.5 Å². The summed E-state index contributed by atoms with van der Waals surface area (Å²) in [6.45, 7) is 0. The Morgan fingerprint density at radius 3 is 2.45 bits per heavy atom. The number of carbonyl (C=O) groups excluding carboxylic acids is 1. The van der Waals surface area contributed by atoms with Crippen LogP contribution in [0, 0.1) is 0 Å². The van der Waals surface area contributed by atoms with E-state index in [1.807, 2.05) is 79.7 Å². The van der Waals surface area contributed by atoms with E-state index < -0.39 is 0 Å². The fraction of sp³-hybridized carbons (Fsp3) is 0.160. The third-order valence-electron chi connectivity index (χ3n) is 4.93. The summed E-state index contributed by atoms with van der Waals surface area (Å²) in [7, 11) is 3.97. The van der Waals surface area contributed by atoms with Crippen molar-refractivity contribution in [2.45, 2.75) is 12.8 Å². The van der Waals surface area contributed by atoms with Gasteiger partial charge >= 0.3 is 0 Å². The molecule has 0 amide bonds. The van der Waals surface area contributed by atoms with Crippen molar-refractivity contribution in [2.24, 2.45) is 0 Å². The highest BCUT2D eigenvalue weighted by atomic mass is 35.5. The zero-order chi connectivity index (χ0) is 21.8. The van der Waals surface area contributed by atoms with Gasteiger partial charge in [0.15, 0.2) is 0 Å². The van der Waals surface area contributed by atoms with E-state index in [4.69, 9.17) is 16.3 Å². The maximum absolute atomic E-state index is 12.4. The Morgan fingerprint density at radius 1 is 0.935 bits per heavy atom. The summed E-state index contributed by atoms with van der Waals surface area (Å²) in [6, 6.07) is 20.9. The number of fused-ring (bicyclic) bond motifs is 1. The molecule has 3 aromatic carbocycles. The first-order chi connectivity index (χ1) is 15.0. The van der Waals surface area contributed by atoms with Gasteiger partial charge in [0, 0.05) is 37.6 Å². The molecule has 0 N–H and O–H groups in total. The van der Waals surface area contributed by atoms with Crippen molar-refractivity contribution in [2.75, 3.05) is 19.0 Å². The smallest absolute Gasteiger partial charge is 0.230 e. The second kappa shape index (κ2) is 9.14. The lowest BCUT2D eigenvalue weighted by Gasteiger charge is -2.13. The molecule has 31 heavy (non-hydrogen) atoms. The lowest BCUT2D eigenvalue weighted by Crippen LogP contribution is -2.08. The van der Waals surface area contributed by atoms with Crippen LogP contribution in [-0.4, -0.2) is 29.8 Å². The van der Waals surface area contributed by atoms with Gasteiger partial charge in [-0.15, -0.1) is 0 Å². The number of benzene rings is 3. The van der Waals surface area contributed by atoms with Crippen molar-refractivity contribution in [1.82, 2.24) is 9.97 Å². The topological polar surface area (TPSA) is 55.3 Å². The molecule has 0 radical (unpaired) electrons. The van der Waals surface area contributed by atoms with Crippen LogP contribution >= 0.6 is 11.6 Å². The summed E-state index contributed by atoms with van der Waals surface area (Å²) in [6.07, 6.45) is 2.22. The SMILES string of the molecule is CN(C)c1ccc2c(Oc3ccc(CC(=O)Cc4cccc(Cl)c4)cc3)ncnc2c1. The van der Waals surface area contributed by atoms with Crippen LogP contribution in [0.1, 0.15) is 11.1 Å². The van der Waals surface area contributed by atoms with Crippen LogP contribution in [-0.2, 0) is 17.6 Å². The van der Waals surface area contributed by atoms with E-state index in [1.165, 1.54) is 6.33 Å². The summed E-state index contributed by atoms with van der Waals surface area (Å²) in [5.74, 6) is 1.29. The van der Waals surface area contributed by atoms with Gasteiger partial charge in [0.2, 0.25) is 5.88 Å². The monoisotopic (exact) mass is 431 g/mol. The molecule has 5 nitrogen and oxygen atoms in total. The molecule has 0 saturated heterocycles. The Labute approximate surface area is 186 Å². The predicted octanol–water partition coefficient (Wildman–Crippen LogP) is 5.50. The Hall–Kier alpha value is -3.44. The molecule has 4 rings (SSSR count). The van der Waals surface area contributed by atoms with Gasteiger partial charge in [-0.2, -0.15) is 0 Å². The number of rotatable bonds is 7. The molecule has 0 aliphatic heterocycles. The molecule has 0 aliphatic carbocycles. The first-order valence-electron chi connectivity index (χ1n) is 9.93. The molecule has 1 aromatic heterocycles. The van der Waals surface area contributed by atoms with Crippen LogP contribution in [0.4, 0.5) is 5.69 Å². The van der Waals surface area contributed by atoms with Gasteiger partial charge in [-0.25, -0.2) is 9.97 Å². The molecule has 1 heterocycles. The molecular weight excluding hydrogens is 410 g/mol. The van der Waals surface area contributed by atoms with Crippen molar-refractivity contribution in [3.63, 3.8) is 0 Å². The minimum absolute atomic E-state index is 0.134. The highest BCUT2D eigenvalue weighted by Gasteiger charge is 2.09. The van der Waals surface area contributed by atoms with Crippen LogP contribution in [0.25, 0.3) is 10.9 Å². The first kappa shape index (κ1) is 20.8. The van der Waals surface area contributed by atoms with Gasteiger partial charge in [0.05, 0.1) is 10.9 Å². The molecule has 0 unspecified atom stereocenters. The number of hydrogen-bond acceptors (Lipinski definition) is 5. The van der Waals surface area contributed by atoms with Crippen LogP contribution in [0.2, 0.25) is 5.02 Å². The van der Waals surface area contributed by atoms with E-state index in [-0.39, 0.29) is 5.78 Å². The molecular formula is C25H22ClN3O2. The van der Waals surface area contributed by atoms with Crippen LogP contribution in [0.5, 0.6) is 11.6 Å². The zero-order valence-electron chi connectivity index (χ0n) is 17.4. The molecule has 0 spiro atoms. The molecule has 0 fully saturated rings. The van der Waals surface area contributed by atoms with Gasteiger partial charge in [0.1, 0.15) is 17.9 Å². The Bertz CT molecular complexity index is 1220. The number of ketones is 1. The number of Topliss-reactive ketones (excluding diaryl/α,β-unsaturated/α-hetero) is 1. The molecule has 0 aliphatic rings. The molecule has 0 saturated carbocycles. The molecule has 156 valence electrons. The van der Waals surface area contributed by atoms with Crippen LogP contribution in [0.15, 0.2) is 73.1 Å². The van der Waals surface area contributed by atoms with Gasteiger partial charge in [-0.05, 0) is 53.6 Å². The molecule has 4 aromatic rings. The minimum Gasteiger partial charge on any atom is -0.438 e. The highest BCUT2D eigenvalue weighted by Crippen LogP contribution is 2.29. The van der Waals surface area contributed by atoms with E-state index in [9.17, 15) is 4.79 Å². The van der Waals surface area contributed by atoms with Gasteiger partial charge in [-0.1, -0.05) is 35.9 Å². The van der Waals surface area contributed by atoms with E-state index in [0.717, 1.165) is 27.7 Å². The first-order valence-corrected chi connectivity index (χ1v) is 10.3. The molecule has 0 atom stereocenters. The summed E-state index contributed by atoms with van der Waals surface area (Å²) in [5, 5.41) is 1.48.